The van der Waals surface area contributed by atoms with Crippen molar-refractivity contribution >= 4 is 28.3 Å². The molecule has 1 unspecified atom stereocenters. The molecule has 0 aliphatic rings. The van der Waals surface area contributed by atoms with E-state index in [9.17, 15) is 0 Å². The van der Waals surface area contributed by atoms with E-state index in [4.69, 9.17) is 17.3 Å². The molecule has 2 aromatic heterocycles. The van der Waals surface area contributed by atoms with Crippen LogP contribution in [-0.2, 0) is 0 Å². The quantitative estimate of drug-likeness (QED) is 0.692. The van der Waals surface area contributed by atoms with Gasteiger partial charge in [0.1, 0.15) is 30.0 Å². The van der Waals surface area contributed by atoms with Gasteiger partial charge in [-0.2, -0.15) is 5.10 Å². The summed E-state index contributed by atoms with van der Waals surface area (Å²) in [6, 6.07) is 3.45. The van der Waals surface area contributed by atoms with E-state index in [1.165, 1.54) is 6.33 Å². The van der Waals surface area contributed by atoms with Crippen LogP contribution in [0.4, 0.5) is 5.69 Å². The van der Waals surface area contributed by atoms with Gasteiger partial charge in [-0.25, -0.2) is 14.6 Å². The molecule has 0 saturated carbocycles. The first kappa shape index (κ1) is 11.0. The van der Waals surface area contributed by atoms with Gasteiger partial charge < -0.3 is 10.7 Å². The highest BCUT2D eigenvalue weighted by Crippen LogP contribution is 2.26. The van der Waals surface area contributed by atoms with Crippen molar-refractivity contribution in [2.45, 2.75) is 13.0 Å². The number of fused-ring (bicyclic) bond motifs is 1. The lowest BCUT2D eigenvalue weighted by atomic mass is 10.3. The van der Waals surface area contributed by atoms with Crippen LogP contribution in [0.1, 0.15) is 18.8 Å². The minimum atomic E-state index is -0.0434. The molecule has 0 bridgehead atoms. The summed E-state index contributed by atoms with van der Waals surface area (Å²) in [5.41, 5.74) is 7.99. The number of nitrogens with two attached hydrogens (primary N) is 1. The van der Waals surface area contributed by atoms with Crippen LogP contribution in [0.15, 0.2) is 24.8 Å². The second kappa shape index (κ2) is 3.99. The number of aromatic amines is 1. The van der Waals surface area contributed by atoms with E-state index in [2.05, 4.69) is 20.1 Å². The highest BCUT2D eigenvalue weighted by molar-refractivity contribution is 6.31. The fourth-order valence-corrected chi connectivity index (χ4v) is 2.09. The number of benzene rings is 1. The number of halogens is 1. The number of H-pyrrole nitrogens is 1. The van der Waals surface area contributed by atoms with E-state index in [1.807, 2.05) is 6.92 Å². The lowest BCUT2D eigenvalue weighted by molar-refractivity contribution is 0.541. The monoisotopic (exact) mass is 262 g/mol. The summed E-state index contributed by atoms with van der Waals surface area (Å²) in [6.45, 7) is 1.98. The predicted molar refractivity (Wildman–Crippen MR) is 69.4 cm³/mol. The first-order chi connectivity index (χ1) is 8.65. The summed E-state index contributed by atoms with van der Waals surface area (Å²) in [5, 5.41) is 4.68. The maximum atomic E-state index is 5.96. The van der Waals surface area contributed by atoms with Gasteiger partial charge in [0, 0.05) is 5.02 Å². The Morgan fingerprint density at radius 3 is 3.00 bits per heavy atom. The van der Waals surface area contributed by atoms with Crippen LogP contribution in [0.3, 0.4) is 0 Å². The number of nitrogen functional groups attached to an aromatic ring is 1. The van der Waals surface area contributed by atoms with Crippen molar-refractivity contribution in [1.82, 2.24) is 24.7 Å². The third-order valence-corrected chi connectivity index (χ3v) is 3.05. The molecule has 3 aromatic rings. The summed E-state index contributed by atoms with van der Waals surface area (Å²) in [4.78, 5) is 11.6. The normalized spacial score (nSPS) is 13.0. The van der Waals surface area contributed by atoms with Crippen molar-refractivity contribution in [3.05, 3.63) is 35.6 Å². The SMILES string of the molecule is CC(c1nc2c(N)cc(Cl)cc2[nH]1)n1cncn1. The summed E-state index contributed by atoms with van der Waals surface area (Å²) < 4.78 is 1.72. The highest BCUT2D eigenvalue weighted by atomic mass is 35.5. The number of nitrogens with zero attached hydrogens (tertiary/aromatic N) is 4. The van der Waals surface area contributed by atoms with Gasteiger partial charge >= 0.3 is 0 Å². The number of imidazole rings is 1. The van der Waals surface area contributed by atoms with Crippen LogP contribution in [0.2, 0.25) is 5.02 Å². The molecule has 0 aliphatic heterocycles. The van der Waals surface area contributed by atoms with Gasteiger partial charge in [0.25, 0.3) is 0 Å². The first-order valence-corrected chi connectivity index (χ1v) is 5.81. The molecule has 0 saturated heterocycles. The lowest BCUT2D eigenvalue weighted by Crippen LogP contribution is -2.08. The zero-order valence-electron chi connectivity index (χ0n) is 9.63. The molecule has 7 heteroatoms. The largest absolute Gasteiger partial charge is 0.397 e. The van der Waals surface area contributed by atoms with E-state index in [0.29, 0.717) is 10.7 Å². The smallest absolute Gasteiger partial charge is 0.137 e. The molecular formula is C11H11ClN6. The van der Waals surface area contributed by atoms with Crippen LogP contribution in [0.25, 0.3) is 11.0 Å². The van der Waals surface area contributed by atoms with Gasteiger partial charge in [0.2, 0.25) is 0 Å². The third kappa shape index (κ3) is 1.70. The summed E-state index contributed by atoms with van der Waals surface area (Å²) >= 11 is 5.96. The van der Waals surface area contributed by atoms with Crippen molar-refractivity contribution in [2.24, 2.45) is 0 Å². The molecule has 0 aliphatic carbocycles. The number of rotatable bonds is 2. The number of hydrogen-bond donors (Lipinski definition) is 2. The molecule has 3 N–H and O–H groups in total. The van der Waals surface area contributed by atoms with Crippen molar-refractivity contribution in [3.63, 3.8) is 0 Å². The molecule has 0 amide bonds. The van der Waals surface area contributed by atoms with Gasteiger partial charge in [-0.3, -0.25) is 0 Å². The van der Waals surface area contributed by atoms with E-state index in [0.717, 1.165) is 16.9 Å². The van der Waals surface area contributed by atoms with Crippen LogP contribution in [0.5, 0.6) is 0 Å². The van der Waals surface area contributed by atoms with Crippen molar-refractivity contribution in [3.8, 4) is 0 Å². The number of hydrogen-bond acceptors (Lipinski definition) is 4. The van der Waals surface area contributed by atoms with E-state index < -0.39 is 0 Å². The molecule has 2 heterocycles. The molecule has 0 fully saturated rings. The Bertz CT molecular complexity index is 687. The van der Waals surface area contributed by atoms with Crippen molar-refractivity contribution in [1.29, 1.82) is 0 Å². The van der Waals surface area contributed by atoms with Crippen molar-refractivity contribution < 1.29 is 0 Å². The Morgan fingerprint density at radius 1 is 1.44 bits per heavy atom. The van der Waals surface area contributed by atoms with Gasteiger partial charge in [0.05, 0.1) is 11.2 Å². The lowest BCUT2D eigenvalue weighted by Gasteiger charge is -2.06. The Labute approximate surface area is 108 Å². The molecule has 0 radical (unpaired) electrons. The number of anilines is 1. The summed E-state index contributed by atoms with van der Waals surface area (Å²) in [6.07, 6.45) is 3.14. The standard InChI is InChI=1S/C11H11ClN6/c1-6(18-5-14-4-15-18)11-16-9-3-7(12)2-8(13)10(9)17-11/h2-6H,13H2,1H3,(H,16,17). The molecule has 0 spiro atoms. The number of aromatic nitrogens is 5. The molecule has 3 rings (SSSR count). The third-order valence-electron chi connectivity index (χ3n) is 2.83. The van der Waals surface area contributed by atoms with E-state index >= 15 is 0 Å². The molecule has 18 heavy (non-hydrogen) atoms. The van der Waals surface area contributed by atoms with Gasteiger partial charge in [-0.1, -0.05) is 11.6 Å². The van der Waals surface area contributed by atoms with E-state index in [-0.39, 0.29) is 6.04 Å². The minimum Gasteiger partial charge on any atom is -0.397 e. The molecule has 1 atom stereocenters. The Morgan fingerprint density at radius 2 is 2.28 bits per heavy atom. The van der Waals surface area contributed by atoms with Gasteiger partial charge in [-0.15, -0.1) is 0 Å². The fourth-order valence-electron chi connectivity index (χ4n) is 1.87. The molecule has 6 nitrogen and oxygen atoms in total. The highest BCUT2D eigenvalue weighted by Gasteiger charge is 2.14. The Kier molecular flexibility index (Phi) is 2.45. The van der Waals surface area contributed by atoms with Crippen LogP contribution in [0, 0.1) is 0 Å². The maximum Gasteiger partial charge on any atom is 0.137 e. The zero-order valence-corrected chi connectivity index (χ0v) is 10.4. The molecular weight excluding hydrogens is 252 g/mol. The van der Waals surface area contributed by atoms with Gasteiger partial charge in [-0.05, 0) is 19.1 Å². The maximum absolute atomic E-state index is 5.96. The zero-order chi connectivity index (χ0) is 12.7. The second-order valence-corrected chi connectivity index (χ2v) is 4.50. The van der Waals surface area contributed by atoms with Crippen molar-refractivity contribution in [2.75, 3.05) is 5.73 Å². The van der Waals surface area contributed by atoms with Crippen LogP contribution < -0.4 is 5.73 Å². The fraction of sp³-hybridized carbons (Fsp3) is 0.182. The Hall–Kier alpha value is -2.08. The first-order valence-electron chi connectivity index (χ1n) is 5.44. The second-order valence-electron chi connectivity index (χ2n) is 4.06. The summed E-state index contributed by atoms with van der Waals surface area (Å²) in [5.74, 6) is 0.768. The molecule has 1 aromatic carbocycles. The van der Waals surface area contributed by atoms with Crippen LogP contribution >= 0.6 is 11.6 Å². The average Bonchev–Trinajstić information content (AvgIpc) is 2.96. The predicted octanol–water partition coefficient (Wildman–Crippen LogP) is 2.00. The topological polar surface area (TPSA) is 85.4 Å². The number of nitrogens with one attached hydrogen (secondary N) is 1. The summed E-state index contributed by atoms with van der Waals surface area (Å²) in [7, 11) is 0. The minimum absolute atomic E-state index is 0.0434. The Balaban J connectivity index is 2.11. The average molecular weight is 263 g/mol. The molecule has 92 valence electrons. The van der Waals surface area contributed by atoms with E-state index in [1.54, 1.807) is 23.1 Å². The van der Waals surface area contributed by atoms with Gasteiger partial charge in [0.15, 0.2) is 0 Å². The van der Waals surface area contributed by atoms with Crippen LogP contribution in [-0.4, -0.2) is 24.7 Å².